The largest absolute Gasteiger partial charge is 0.367 e. The molecule has 0 radical (unpaired) electrons. The summed E-state index contributed by atoms with van der Waals surface area (Å²) in [4.78, 5) is 4.22. The topological polar surface area (TPSA) is 39.9 Å². The molecule has 0 saturated heterocycles. The van der Waals surface area contributed by atoms with Gasteiger partial charge in [0.15, 0.2) is 5.82 Å². The maximum absolute atomic E-state index is 6.18. The molecule has 0 aliphatic rings. The molecule has 0 aliphatic heterocycles. The minimum atomic E-state index is -0.0167. The van der Waals surface area contributed by atoms with E-state index in [1.807, 2.05) is 7.05 Å². The van der Waals surface area contributed by atoms with Gasteiger partial charge in [0.2, 0.25) is 0 Å². The molecule has 0 amide bonds. The molecule has 0 saturated carbocycles. The van der Waals surface area contributed by atoms with Crippen LogP contribution >= 0.6 is 0 Å². The van der Waals surface area contributed by atoms with Crippen LogP contribution in [0.2, 0.25) is 0 Å². The minimum Gasteiger partial charge on any atom is -0.367 e. The van der Waals surface area contributed by atoms with E-state index in [-0.39, 0.29) is 5.60 Å². The predicted octanol–water partition coefficient (Wildman–Crippen LogP) is 3.86. The molecule has 0 fully saturated rings. The molecule has 4 heteroatoms. The van der Waals surface area contributed by atoms with E-state index < -0.39 is 0 Å². The Bertz CT molecular complexity index is 351. The van der Waals surface area contributed by atoms with Crippen molar-refractivity contribution >= 4 is 0 Å². The lowest BCUT2D eigenvalue weighted by Gasteiger charge is -2.30. The average molecular weight is 267 g/mol. The van der Waals surface area contributed by atoms with E-state index in [4.69, 9.17) is 4.74 Å². The van der Waals surface area contributed by atoms with Gasteiger partial charge in [-0.3, -0.25) is 4.68 Å². The molecule has 1 atom stereocenters. The van der Waals surface area contributed by atoms with Gasteiger partial charge in [-0.1, -0.05) is 46.0 Å². The van der Waals surface area contributed by atoms with Gasteiger partial charge in [0, 0.05) is 7.05 Å². The number of unbranched alkanes of at least 4 members (excludes halogenated alkanes) is 3. The van der Waals surface area contributed by atoms with E-state index in [9.17, 15) is 0 Å². The zero-order valence-corrected chi connectivity index (χ0v) is 13.0. The molecular weight excluding hydrogens is 238 g/mol. The summed E-state index contributed by atoms with van der Waals surface area (Å²) in [5, 5.41) is 4.08. The Morgan fingerprint density at radius 2 is 1.84 bits per heavy atom. The summed E-state index contributed by atoms with van der Waals surface area (Å²) in [6.45, 7) is 7.27. The fraction of sp³-hybridized carbons (Fsp3) is 0.867. The number of aryl methyl sites for hydroxylation is 1. The van der Waals surface area contributed by atoms with E-state index in [1.54, 1.807) is 11.0 Å². The van der Waals surface area contributed by atoms with Gasteiger partial charge in [0.05, 0.1) is 5.60 Å². The van der Waals surface area contributed by atoms with Crippen molar-refractivity contribution in [3.05, 3.63) is 12.2 Å². The zero-order chi connectivity index (χ0) is 14.1. The summed E-state index contributed by atoms with van der Waals surface area (Å²) in [5.41, 5.74) is -0.0167. The van der Waals surface area contributed by atoms with Crippen molar-refractivity contribution in [2.45, 2.75) is 77.9 Å². The van der Waals surface area contributed by atoms with Gasteiger partial charge in [-0.05, 0) is 19.8 Å². The smallest absolute Gasteiger partial charge is 0.152 e. The van der Waals surface area contributed by atoms with Crippen LogP contribution < -0.4 is 0 Å². The lowest BCUT2D eigenvalue weighted by molar-refractivity contribution is -0.0607. The quantitative estimate of drug-likeness (QED) is 0.604. The van der Waals surface area contributed by atoms with Crippen LogP contribution in [0, 0.1) is 0 Å². The van der Waals surface area contributed by atoms with Gasteiger partial charge in [0.25, 0.3) is 0 Å². The van der Waals surface area contributed by atoms with E-state index in [1.165, 1.54) is 32.1 Å². The van der Waals surface area contributed by atoms with E-state index >= 15 is 0 Å². The summed E-state index contributed by atoms with van der Waals surface area (Å²) in [5.74, 6) is 0.901. The Hall–Kier alpha value is -0.900. The second-order valence-corrected chi connectivity index (χ2v) is 5.60. The standard InChI is InChI=1S/C15H29N3O/c1-5-7-9-11-15(3,10-8-6-2)19-12-14-16-13-17-18(14)4/h13H,5-12H2,1-4H3. The van der Waals surface area contributed by atoms with E-state index in [2.05, 4.69) is 30.9 Å². The van der Waals surface area contributed by atoms with Gasteiger partial charge in [-0.15, -0.1) is 0 Å². The highest BCUT2D eigenvalue weighted by atomic mass is 16.5. The summed E-state index contributed by atoms with van der Waals surface area (Å²) in [6.07, 6.45) is 10.1. The number of aromatic nitrogens is 3. The number of hydrogen-bond acceptors (Lipinski definition) is 3. The first-order chi connectivity index (χ1) is 9.11. The van der Waals surface area contributed by atoms with Crippen molar-refractivity contribution in [2.75, 3.05) is 0 Å². The maximum Gasteiger partial charge on any atom is 0.152 e. The Kier molecular flexibility index (Phi) is 7.06. The zero-order valence-electron chi connectivity index (χ0n) is 13.0. The maximum atomic E-state index is 6.18. The first-order valence-electron chi connectivity index (χ1n) is 7.58. The number of ether oxygens (including phenoxy) is 1. The summed E-state index contributed by atoms with van der Waals surface area (Å²) < 4.78 is 7.96. The highest BCUT2D eigenvalue weighted by Crippen LogP contribution is 2.26. The van der Waals surface area contributed by atoms with Crippen molar-refractivity contribution in [3.8, 4) is 0 Å². The number of nitrogens with zero attached hydrogens (tertiary/aromatic N) is 3. The van der Waals surface area contributed by atoms with Crippen LogP contribution in [0.3, 0.4) is 0 Å². The van der Waals surface area contributed by atoms with Crippen LogP contribution in [0.25, 0.3) is 0 Å². The van der Waals surface area contributed by atoms with E-state index in [0.29, 0.717) is 6.61 Å². The lowest BCUT2D eigenvalue weighted by Crippen LogP contribution is -2.29. The second kappa shape index (κ2) is 8.31. The highest BCUT2D eigenvalue weighted by Gasteiger charge is 2.24. The molecule has 1 heterocycles. The minimum absolute atomic E-state index is 0.0167. The molecule has 1 aromatic heterocycles. The Labute approximate surface area is 117 Å². The molecule has 0 bridgehead atoms. The van der Waals surface area contributed by atoms with E-state index in [0.717, 1.165) is 18.7 Å². The van der Waals surface area contributed by atoms with Crippen LogP contribution in [0.4, 0.5) is 0 Å². The van der Waals surface area contributed by atoms with Gasteiger partial charge < -0.3 is 4.74 Å². The first kappa shape index (κ1) is 16.2. The van der Waals surface area contributed by atoms with Gasteiger partial charge in [0.1, 0.15) is 12.9 Å². The third-order valence-electron chi connectivity index (χ3n) is 3.72. The van der Waals surface area contributed by atoms with Crippen LogP contribution in [-0.4, -0.2) is 20.4 Å². The van der Waals surface area contributed by atoms with Crippen molar-refractivity contribution in [1.82, 2.24) is 14.8 Å². The lowest BCUT2D eigenvalue weighted by atomic mass is 9.92. The van der Waals surface area contributed by atoms with Gasteiger partial charge in [-0.2, -0.15) is 5.10 Å². The fourth-order valence-corrected chi connectivity index (χ4v) is 2.26. The summed E-state index contributed by atoms with van der Waals surface area (Å²) in [7, 11) is 1.91. The molecule has 4 nitrogen and oxygen atoms in total. The average Bonchev–Trinajstić information content (AvgIpc) is 2.80. The van der Waals surface area contributed by atoms with Gasteiger partial charge >= 0.3 is 0 Å². The SMILES string of the molecule is CCCCCC(C)(CCCC)OCc1ncnn1C. The molecule has 1 unspecified atom stereocenters. The summed E-state index contributed by atoms with van der Waals surface area (Å²) >= 11 is 0. The summed E-state index contributed by atoms with van der Waals surface area (Å²) in [6, 6.07) is 0. The molecular formula is C15H29N3O. The van der Waals surface area contributed by atoms with Crippen molar-refractivity contribution in [3.63, 3.8) is 0 Å². The van der Waals surface area contributed by atoms with Crippen LogP contribution in [-0.2, 0) is 18.4 Å². The fourth-order valence-electron chi connectivity index (χ4n) is 2.26. The molecule has 0 spiro atoms. The first-order valence-corrected chi connectivity index (χ1v) is 7.58. The van der Waals surface area contributed by atoms with Crippen molar-refractivity contribution in [1.29, 1.82) is 0 Å². The number of hydrogen-bond donors (Lipinski definition) is 0. The van der Waals surface area contributed by atoms with Crippen molar-refractivity contribution in [2.24, 2.45) is 7.05 Å². The number of rotatable bonds is 10. The Morgan fingerprint density at radius 1 is 1.16 bits per heavy atom. The molecule has 1 aromatic rings. The van der Waals surface area contributed by atoms with Crippen LogP contribution in [0.5, 0.6) is 0 Å². The van der Waals surface area contributed by atoms with Crippen LogP contribution in [0.15, 0.2) is 6.33 Å². The van der Waals surface area contributed by atoms with Crippen LogP contribution in [0.1, 0.15) is 71.5 Å². The van der Waals surface area contributed by atoms with Crippen molar-refractivity contribution < 1.29 is 4.74 Å². The third kappa shape index (κ3) is 5.72. The molecule has 110 valence electrons. The second-order valence-electron chi connectivity index (χ2n) is 5.60. The molecule has 19 heavy (non-hydrogen) atoms. The molecule has 0 N–H and O–H groups in total. The normalized spacial score (nSPS) is 14.5. The molecule has 1 rings (SSSR count). The predicted molar refractivity (Wildman–Crippen MR) is 77.9 cm³/mol. The third-order valence-corrected chi connectivity index (χ3v) is 3.72. The Balaban J connectivity index is 2.50. The highest BCUT2D eigenvalue weighted by molar-refractivity contribution is 4.83. The monoisotopic (exact) mass is 267 g/mol. The molecule has 0 aromatic carbocycles. The Morgan fingerprint density at radius 3 is 2.42 bits per heavy atom. The molecule has 0 aliphatic carbocycles. The van der Waals surface area contributed by atoms with Gasteiger partial charge in [-0.25, -0.2) is 4.98 Å².